The highest BCUT2D eigenvalue weighted by Crippen LogP contribution is 2.21. The van der Waals surface area contributed by atoms with E-state index >= 15 is 0 Å². The topological polar surface area (TPSA) is 20.2 Å². The van der Waals surface area contributed by atoms with E-state index in [0.29, 0.717) is 18.4 Å². The minimum absolute atomic E-state index is 0.356. The molecule has 0 radical (unpaired) electrons. The van der Waals surface area contributed by atoms with Gasteiger partial charge in [-0.25, -0.2) is 0 Å². The van der Waals surface area contributed by atoms with Gasteiger partial charge in [0, 0.05) is 6.61 Å². The van der Waals surface area contributed by atoms with Gasteiger partial charge >= 0.3 is 0 Å². The fourth-order valence-electron chi connectivity index (χ4n) is 1.35. The van der Waals surface area contributed by atoms with E-state index in [0.717, 1.165) is 12.8 Å². The number of allylic oxidation sites excluding steroid dienone is 2. The van der Waals surface area contributed by atoms with E-state index in [2.05, 4.69) is 19.1 Å². The number of aliphatic hydroxyl groups excluding tert-OH is 1. The van der Waals surface area contributed by atoms with E-state index in [-0.39, 0.29) is 0 Å². The van der Waals surface area contributed by atoms with Crippen LogP contribution in [0.25, 0.3) is 0 Å². The van der Waals surface area contributed by atoms with E-state index in [4.69, 9.17) is 5.11 Å². The Kier molecular flexibility index (Phi) is 2.29. The maximum absolute atomic E-state index is 8.77. The van der Waals surface area contributed by atoms with Crippen LogP contribution in [0.4, 0.5) is 0 Å². The maximum atomic E-state index is 8.77. The van der Waals surface area contributed by atoms with Gasteiger partial charge in [-0.2, -0.15) is 0 Å². The molecule has 1 aliphatic rings. The van der Waals surface area contributed by atoms with Crippen LogP contribution in [-0.4, -0.2) is 11.7 Å². The normalized spacial score (nSPS) is 34.9. The molecule has 0 aromatic carbocycles. The van der Waals surface area contributed by atoms with Gasteiger partial charge in [0.1, 0.15) is 0 Å². The van der Waals surface area contributed by atoms with Gasteiger partial charge in [0.05, 0.1) is 0 Å². The minimum atomic E-state index is 0.356. The molecule has 0 aliphatic heterocycles. The third-order valence-corrected chi connectivity index (χ3v) is 1.90. The van der Waals surface area contributed by atoms with Crippen molar-refractivity contribution >= 4 is 0 Å². The molecule has 1 rings (SSSR count). The Morgan fingerprint density at radius 3 is 2.89 bits per heavy atom. The van der Waals surface area contributed by atoms with Crippen LogP contribution in [0.2, 0.25) is 0 Å². The summed E-state index contributed by atoms with van der Waals surface area (Å²) in [6.45, 7) is 2.55. The van der Waals surface area contributed by atoms with Crippen LogP contribution in [0, 0.1) is 11.8 Å². The quantitative estimate of drug-likeness (QED) is 0.529. The van der Waals surface area contributed by atoms with Crippen molar-refractivity contribution in [2.75, 3.05) is 6.61 Å². The Balaban J connectivity index is 2.38. The summed E-state index contributed by atoms with van der Waals surface area (Å²) in [4.78, 5) is 0. The van der Waals surface area contributed by atoms with E-state index in [1.807, 2.05) is 0 Å². The van der Waals surface area contributed by atoms with E-state index < -0.39 is 0 Å². The van der Waals surface area contributed by atoms with Crippen LogP contribution in [0.3, 0.4) is 0 Å². The molecule has 2 atom stereocenters. The van der Waals surface area contributed by atoms with Crippen LogP contribution >= 0.6 is 0 Å². The summed E-state index contributed by atoms with van der Waals surface area (Å²) >= 11 is 0. The van der Waals surface area contributed by atoms with E-state index in [9.17, 15) is 0 Å². The average molecular weight is 126 g/mol. The Hall–Kier alpha value is -0.300. The molecule has 0 aromatic heterocycles. The van der Waals surface area contributed by atoms with Crippen LogP contribution in [-0.2, 0) is 0 Å². The van der Waals surface area contributed by atoms with Crippen molar-refractivity contribution in [2.45, 2.75) is 19.8 Å². The smallest absolute Gasteiger partial charge is 0.0462 e. The summed E-state index contributed by atoms with van der Waals surface area (Å²) < 4.78 is 0. The Morgan fingerprint density at radius 2 is 2.44 bits per heavy atom. The second kappa shape index (κ2) is 3.02. The van der Waals surface area contributed by atoms with Crippen LogP contribution in [0.1, 0.15) is 19.8 Å². The van der Waals surface area contributed by atoms with Crippen molar-refractivity contribution < 1.29 is 5.11 Å². The molecule has 0 spiro atoms. The first kappa shape index (κ1) is 6.81. The van der Waals surface area contributed by atoms with Crippen LogP contribution < -0.4 is 0 Å². The molecule has 0 amide bonds. The molecule has 52 valence electrons. The lowest BCUT2D eigenvalue weighted by Crippen LogP contribution is -2.12. The van der Waals surface area contributed by atoms with Crippen molar-refractivity contribution in [1.29, 1.82) is 0 Å². The highest BCUT2D eigenvalue weighted by molar-refractivity contribution is 4.93. The molecule has 0 saturated carbocycles. The fourth-order valence-corrected chi connectivity index (χ4v) is 1.35. The minimum Gasteiger partial charge on any atom is -0.396 e. The molecule has 1 unspecified atom stereocenters. The molecule has 1 nitrogen and oxygen atoms in total. The first-order chi connectivity index (χ1) is 4.33. The van der Waals surface area contributed by atoms with Gasteiger partial charge in [0.15, 0.2) is 0 Å². The standard InChI is InChI=1S/C8H14O/c1-7-3-2-4-8(5-7)6-9/h2-3,7-9H,4-6H2,1H3/t7-,8?/m0/s1. The molecule has 0 fully saturated rings. The van der Waals surface area contributed by atoms with Gasteiger partial charge < -0.3 is 5.11 Å². The summed E-state index contributed by atoms with van der Waals surface area (Å²) in [7, 11) is 0. The van der Waals surface area contributed by atoms with Crippen molar-refractivity contribution in [3.8, 4) is 0 Å². The SMILES string of the molecule is C[C@H]1C=CCC(CO)C1. The number of rotatable bonds is 1. The summed E-state index contributed by atoms with van der Waals surface area (Å²) in [6, 6.07) is 0. The first-order valence-corrected chi connectivity index (χ1v) is 3.60. The maximum Gasteiger partial charge on any atom is 0.0462 e. The van der Waals surface area contributed by atoms with Crippen molar-refractivity contribution in [3.05, 3.63) is 12.2 Å². The van der Waals surface area contributed by atoms with Gasteiger partial charge in [-0.3, -0.25) is 0 Å². The molecule has 0 bridgehead atoms. The zero-order valence-electron chi connectivity index (χ0n) is 5.88. The average Bonchev–Trinajstić information content (AvgIpc) is 1.88. The lowest BCUT2D eigenvalue weighted by atomic mass is 9.88. The van der Waals surface area contributed by atoms with Gasteiger partial charge in [0.2, 0.25) is 0 Å². The molecule has 0 heterocycles. The fraction of sp³-hybridized carbons (Fsp3) is 0.750. The zero-order valence-corrected chi connectivity index (χ0v) is 5.88. The van der Waals surface area contributed by atoms with Crippen LogP contribution in [0.15, 0.2) is 12.2 Å². The number of aliphatic hydroxyl groups is 1. The highest BCUT2D eigenvalue weighted by Gasteiger charge is 2.12. The number of hydrogen-bond donors (Lipinski definition) is 1. The molecule has 1 aliphatic carbocycles. The predicted molar refractivity (Wildman–Crippen MR) is 38.1 cm³/mol. The third-order valence-electron chi connectivity index (χ3n) is 1.90. The van der Waals surface area contributed by atoms with Crippen molar-refractivity contribution in [2.24, 2.45) is 11.8 Å². The van der Waals surface area contributed by atoms with E-state index in [1.54, 1.807) is 0 Å². The molecule has 1 N–H and O–H groups in total. The van der Waals surface area contributed by atoms with Crippen LogP contribution in [0.5, 0.6) is 0 Å². The summed E-state index contributed by atoms with van der Waals surface area (Å²) in [5.41, 5.74) is 0. The molecule has 0 saturated heterocycles. The summed E-state index contributed by atoms with van der Waals surface area (Å²) in [5, 5.41) is 8.77. The molecule has 9 heavy (non-hydrogen) atoms. The number of hydrogen-bond acceptors (Lipinski definition) is 1. The summed E-state index contributed by atoms with van der Waals surface area (Å²) in [6.07, 6.45) is 6.63. The lowest BCUT2D eigenvalue weighted by Gasteiger charge is -2.19. The molecule has 1 heteroatoms. The van der Waals surface area contributed by atoms with Crippen molar-refractivity contribution in [3.63, 3.8) is 0 Å². The Morgan fingerprint density at radius 1 is 1.67 bits per heavy atom. The summed E-state index contributed by atoms with van der Waals surface area (Å²) in [5.74, 6) is 1.21. The Bertz CT molecular complexity index is 107. The highest BCUT2D eigenvalue weighted by atomic mass is 16.3. The van der Waals surface area contributed by atoms with E-state index in [1.165, 1.54) is 0 Å². The monoisotopic (exact) mass is 126 g/mol. The molecular weight excluding hydrogens is 112 g/mol. The predicted octanol–water partition coefficient (Wildman–Crippen LogP) is 1.58. The second-order valence-corrected chi connectivity index (χ2v) is 2.93. The largest absolute Gasteiger partial charge is 0.396 e. The first-order valence-electron chi connectivity index (χ1n) is 3.60. The van der Waals surface area contributed by atoms with Crippen molar-refractivity contribution in [1.82, 2.24) is 0 Å². The lowest BCUT2D eigenvalue weighted by molar-refractivity contribution is 0.206. The molecule has 0 aromatic rings. The van der Waals surface area contributed by atoms with Gasteiger partial charge in [-0.1, -0.05) is 19.1 Å². The Labute approximate surface area is 56.4 Å². The van der Waals surface area contributed by atoms with Gasteiger partial charge in [-0.05, 0) is 24.7 Å². The second-order valence-electron chi connectivity index (χ2n) is 2.93. The van der Waals surface area contributed by atoms with Gasteiger partial charge in [0.25, 0.3) is 0 Å². The third kappa shape index (κ3) is 1.83. The zero-order chi connectivity index (χ0) is 6.69. The van der Waals surface area contributed by atoms with Gasteiger partial charge in [-0.15, -0.1) is 0 Å². The molecular formula is C8H14O.